The molecular formula is C15H19Cl2N3O2. The van der Waals surface area contributed by atoms with Crippen molar-refractivity contribution < 1.29 is 9.59 Å². The highest BCUT2D eigenvalue weighted by Crippen LogP contribution is 2.20. The quantitative estimate of drug-likeness (QED) is 0.855. The number of nitrogens with zero attached hydrogens (tertiary/aromatic N) is 1. The maximum absolute atomic E-state index is 12.0. The van der Waals surface area contributed by atoms with Crippen LogP contribution < -0.4 is 11.1 Å². The Morgan fingerprint density at radius 2 is 1.95 bits per heavy atom. The van der Waals surface area contributed by atoms with Gasteiger partial charge in [0.1, 0.15) is 0 Å². The van der Waals surface area contributed by atoms with Crippen molar-refractivity contribution in [2.45, 2.75) is 19.4 Å². The van der Waals surface area contributed by atoms with Crippen LogP contribution >= 0.6 is 23.2 Å². The smallest absolute Gasteiger partial charge is 0.234 e. The van der Waals surface area contributed by atoms with Crippen LogP contribution in [-0.4, -0.2) is 36.3 Å². The summed E-state index contributed by atoms with van der Waals surface area (Å²) >= 11 is 11.9. The highest BCUT2D eigenvalue weighted by molar-refractivity contribution is 6.35. The molecule has 1 aliphatic heterocycles. The van der Waals surface area contributed by atoms with Gasteiger partial charge in [0, 0.05) is 22.5 Å². The van der Waals surface area contributed by atoms with E-state index in [0.29, 0.717) is 49.1 Å². The molecule has 1 heterocycles. The van der Waals surface area contributed by atoms with Crippen molar-refractivity contribution in [1.82, 2.24) is 10.2 Å². The topological polar surface area (TPSA) is 75.4 Å². The Hall–Kier alpha value is -1.30. The van der Waals surface area contributed by atoms with Gasteiger partial charge in [0.25, 0.3) is 0 Å². The predicted octanol–water partition coefficient (Wildman–Crippen LogP) is 1.81. The summed E-state index contributed by atoms with van der Waals surface area (Å²) in [6, 6.07) is 5.19. The van der Waals surface area contributed by atoms with Crippen LogP contribution in [-0.2, 0) is 16.1 Å². The molecule has 1 aromatic rings. The number of hydrogen-bond acceptors (Lipinski definition) is 3. The van der Waals surface area contributed by atoms with Crippen molar-refractivity contribution in [2.24, 2.45) is 11.7 Å². The van der Waals surface area contributed by atoms with Gasteiger partial charge in [0.05, 0.1) is 6.54 Å². The van der Waals surface area contributed by atoms with Crippen LogP contribution in [0, 0.1) is 5.92 Å². The molecule has 5 nitrogen and oxygen atoms in total. The number of primary amides is 1. The summed E-state index contributed by atoms with van der Waals surface area (Å²) in [6.07, 6.45) is 1.43. The molecule has 0 spiro atoms. The maximum atomic E-state index is 12.0. The fourth-order valence-electron chi connectivity index (χ4n) is 2.49. The summed E-state index contributed by atoms with van der Waals surface area (Å²) in [5, 5.41) is 3.94. The van der Waals surface area contributed by atoms with E-state index in [1.54, 1.807) is 18.2 Å². The summed E-state index contributed by atoms with van der Waals surface area (Å²) < 4.78 is 0. The fourth-order valence-corrected chi connectivity index (χ4v) is 2.97. The molecule has 2 rings (SSSR count). The number of nitrogens with one attached hydrogen (secondary N) is 1. The second kappa shape index (κ2) is 7.81. The van der Waals surface area contributed by atoms with Crippen LogP contribution in [0.2, 0.25) is 10.0 Å². The lowest BCUT2D eigenvalue weighted by Gasteiger charge is -2.29. The first-order valence-electron chi connectivity index (χ1n) is 7.18. The minimum absolute atomic E-state index is 0.0628. The van der Waals surface area contributed by atoms with Crippen molar-refractivity contribution in [3.63, 3.8) is 0 Å². The monoisotopic (exact) mass is 343 g/mol. The van der Waals surface area contributed by atoms with Gasteiger partial charge in [-0.05, 0) is 43.6 Å². The molecule has 120 valence electrons. The van der Waals surface area contributed by atoms with Crippen LogP contribution in [0.4, 0.5) is 0 Å². The van der Waals surface area contributed by atoms with Crippen molar-refractivity contribution in [2.75, 3.05) is 19.6 Å². The molecule has 0 radical (unpaired) electrons. The molecule has 7 heteroatoms. The van der Waals surface area contributed by atoms with Crippen molar-refractivity contribution >= 4 is 35.0 Å². The van der Waals surface area contributed by atoms with E-state index in [4.69, 9.17) is 28.9 Å². The summed E-state index contributed by atoms with van der Waals surface area (Å²) in [5.74, 6) is -0.378. The first-order chi connectivity index (χ1) is 10.5. The number of carbonyl (C=O) groups is 2. The van der Waals surface area contributed by atoms with Gasteiger partial charge < -0.3 is 11.1 Å². The first-order valence-corrected chi connectivity index (χ1v) is 7.93. The van der Waals surface area contributed by atoms with Crippen LogP contribution in [0.25, 0.3) is 0 Å². The average Bonchev–Trinajstić information content (AvgIpc) is 2.47. The third-order valence-corrected chi connectivity index (χ3v) is 4.44. The third kappa shape index (κ3) is 4.87. The SMILES string of the molecule is NC(=O)C1CCN(CC(=O)NCc2ccc(Cl)cc2Cl)CC1. The minimum Gasteiger partial charge on any atom is -0.369 e. The largest absolute Gasteiger partial charge is 0.369 e. The Morgan fingerprint density at radius 3 is 2.55 bits per heavy atom. The summed E-state index contributed by atoms with van der Waals surface area (Å²) in [7, 11) is 0. The average molecular weight is 344 g/mol. The summed E-state index contributed by atoms with van der Waals surface area (Å²) in [4.78, 5) is 25.1. The van der Waals surface area contributed by atoms with E-state index in [1.807, 2.05) is 4.90 Å². The molecule has 0 aromatic heterocycles. The lowest BCUT2D eigenvalue weighted by molar-refractivity contribution is -0.124. The number of rotatable bonds is 5. The van der Waals surface area contributed by atoms with E-state index in [-0.39, 0.29) is 17.7 Å². The van der Waals surface area contributed by atoms with Crippen LogP contribution in [0.1, 0.15) is 18.4 Å². The molecular weight excluding hydrogens is 325 g/mol. The Bertz CT molecular complexity index is 558. The number of piperidine rings is 1. The Morgan fingerprint density at radius 1 is 1.27 bits per heavy atom. The van der Waals surface area contributed by atoms with Crippen molar-refractivity contribution in [3.8, 4) is 0 Å². The van der Waals surface area contributed by atoms with Crippen LogP contribution in [0.3, 0.4) is 0 Å². The third-order valence-electron chi connectivity index (χ3n) is 3.85. The van der Waals surface area contributed by atoms with Crippen molar-refractivity contribution in [1.29, 1.82) is 0 Å². The first kappa shape index (κ1) is 17.1. The van der Waals surface area contributed by atoms with Gasteiger partial charge in [-0.1, -0.05) is 29.3 Å². The Balaban J connectivity index is 1.75. The summed E-state index contributed by atoms with van der Waals surface area (Å²) in [6.45, 7) is 2.11. The molecule has 0 aliphatic carbocycles. The maximum Gasteiger partial charge on any atom is 0.234 e. The normalized spacial score (nSPS) is 16.5. The molecule has 22 heavy (non-hydrogen) atoms. The zero-order chi connectivity index (χ0) is 16.1. The van der Waals surface area contributed by atoms with Gasteiger partial charge in [0.2, 0.25) is 11.8 Å². The van der Waals surface area contributed by atoms with E-state index in [0.717, 1.165) is 5.56 Å². The predicted molar refractivity (Wildman–Crippen MR) is 86.7 cm³/mol. The minimum atomic E-state index is -0.249. The van der Waals surface area contributed by atoms with Crippen LogP contribution in [0.15, 0.2) is 18.2 Å². The Labute approximate surface area is 139 Å². The number of carbonyl (C=O) groups excluding carboxylic acids is 2. The molecule has 2 amide bonds. The van der Waals surface area contributed by atoms with Gasteiger partial charge >= 0.3 is 0 Å². The number of benzene rings is 1. The lowest BCUT2D eigenvalue weighted by Crippen LogP contribution is -2.43. The van der Waals surface area contributed by atoms with Crippen molar-refractivity contribution in [3.05, 3.63) is 33.8 Å². The van der Waals surface area contributed by atoms with E-state index in [1.165, 1.54) is 0 Å². The number of halogens is 2. The van der Waals surface area contributed by atoms with E-state index >= 15 is 0 Å². The second-order valence-corrected chi connectivity index (χ2v) is 6.31. The van der Waals surface area contributed by atoms with Gasteiger partial charge in [-0.25, -0.2) is 0 Å². The molecule has 1 saturated heterocycles. The number of amides is 2. The van der Waals surface area contributed by atoms with Gasteiger partial charge in [0.15, 0.2) is 0 Å². The second-order valence-electron chi connectivity index (χ2n) is 5.47. The van der Waals surface area contributed by atoms with Gasteiger partial charge in [-0.2, -0.15) is 0 Å². The lowest BCUT2D eigenvalue weighted by atomic mass is 9.96. The van der Waals surface area contributed by atoms with E-state index < -0.39 is 0 Å². The fraction of sp³-hybridized carbons (Fsp3) is 0.467. The number of hydrogen-bond donors (Lipinski definition) is 2. The molecule has 0 unspecified atom stereocenters. The molecule has 0 bridgehead atoms. The zero-order valence-corrected chi connectivity index (χ0v) is 13.7. The molecule has 0 saturated carbocycles. The van der Waals surface area contributed by atoms with Gasteiger partial charge in [-0.15, -0.1) is 0 Å². The van der Waals surface area contributed by atoms with Crippen LogP contribution in [0.5, 0.6) is 0 Å². The molecule has 1 aliphatic rings. The standard InChI is InChI=1S/C15H19Cl2N3O2/c16-12-2-1-11(13(17)7-12)8-19-14(21)9-20-5-3-10(4-6-20)15(18)22/h1-2,7,10H,3-6,8-9H2,(H2,18,22)(H,19,21). The Kier molecular flexibility index (Phi) is 6.06. The van der Waals surface area contributed by atoms with E-state index in [2.05, 4.69) is 5.32 Å². The van der Waals surface area contributed by atoms with Gasteiger partial charge in [-0.3, -0.25) is 14.5 Å². The number of nitrogens with two attached hydrogens (primary N) is 1. The molecule has 0 atom stereocenters. The van der Waals surface area contributed by atoms with E-state index in [9.17, 15) is 9.59 Å². The molecule has 1 aromatic carbocycles. The highest BCUT2D eigenvalue weighted by Gasteiger charge is 2.24. The zero-order valence-electron chi connectivity index (χ0n) is 12.1. The number of likely N-dealkylation sites (tertiary alicyclic amines) is 1. The molecule has 3 N–H and O–H groups in total. The molecule has 1 fully saturated rings. The summed E-state index contributed by atoms with van der Waals surface area (Å²) in [5.41, 5.74) is 6.12. The highest BCUT2D eigenvalue weighted by atomic mass is 35.5.